The molecule has 0 saturated carbocycles. The lowest BCUT2D eigenvalue weighted by Crippen LogP contribution is -2.48. The second-order valence-corrected chi connectivity index (χ2v) is 10.0. The van der Waals surface area contributed by atoms with E-state index in [0.29, 0.717) is 18.8 Å². The Bertz CT molecular complexity index is 1470. The van der Waals surface area contributed by atoms with Crippen LogP contribution in [0.4, 0.5) is 0 Å². The van der Waals surface area contributed by atoms with Crippen LogP contribution < -0.4 is 0 Å². The minimum absolute atomic E-state index is 0.0315. The molecule has 0 aliphatic carbocycles. The van der Waals surface area contributed by atoms with Gasteiger partial charge in [0.2, 0.25) is 0 Å². The molecule has 1 aliphatic heterocycles. The molecule has 0 bridgehead atoms. The highest BCUT2D eigenvalue weighted by Gasteiger charge is 2.26. The number of carbonyl (C=O) groups excluding carboxylic acids is 1. The topological polar surface area (TPSA) is 54.0 Å². The van der Waals surface area contributed by atoms with Gasteiger partial charge in [-0.05, 0) is 43.7 Å². The molecular formula is C27H26N4O2S. The van der Waals surface area contributed by atoms with E-state index >= 15 is 0 Å². The van der Waals surface area contributed by atoms with Gasteiger partial charge < -0.3 is 9.32 Å². The fourth-order valence-corrected chi connectivity index (χ4v) is 5.84. The Morgan fingerprint density at radius 1 is 1.00 bits per heavy atom. The highest BCUT2D eigenvalue weighted by molar-refractivity contribution is 7.23. The molecule has 172 valence electrons. The van der Waals surface area contributed by atoms with Crippen LogP contribution in [-0.4, -0.2) is 51.3 Å². The Labute approximate surface area is 202 Å². The number of imidazole rings is 1. The third kappa shape index (κ3) is 3.71. The van der Waals surface area contributed by atoms with Crippen molar-refractivity contribution in [2.45, 2.75) is 20.4 Å². The highest BCUT2D eigenvalue weighted by atomic mass is 32.1. The second kappa shape index (κ2) is 8.42. The van der Waals surface area contributed by atoms with E-state index < -0.39 is 0 Å². The largest absolute Gasteiger partial charge is 0.459 e. The molecule has 6 nitrogen and oxygen atoms in total. The number of hydrogen-bond donors (Lipinski definition) is 0. The monoisotopic (exact) mass is 470 g/mol. The molecule has 7 heteroatoms. The Hall–Kier alpha value is -3.42. The van der Waals surface area contributed by atoms with Crippen molar-refractivity contribution in [1.29, 1.82) is 0 Å². The number of aromatic nitrogens is 2. The Balaban J connectivity index is 1.33. The van der Waals surface area contributed by atoms with Crippen molar-refractivity contribution < 1.29 is 9.21 Å². The standard InChI is InChI=1S/C27H26N4O2S/c1-18-5-8-20(9-6-18)25-22(31-21-10-7-19(2)16-24(21)34-27(31)28-25)17-29-11-13-30(14-12-29)26(32)23-4-3-15-33-23/h3-10,15-16H,11-14,17H2,1-2H3. The van der Waals surface area contributed by atoms with Crippen LogP contribution in [0.25, 0.3) is 26.4 Å². The zero-order valence-electron chi connectivity index (χ0n) is 19.3. The number of nitrogens with zero attached hydrogens (tertiary/aromatic N) is 4. The van der Waals surface area contributed by atoms with Crippen LogP contribution in [0.15, 0.2) is 65.3 Å². The number of amides is 1. The fourth-order valence-electron chi connectivity index (χ4n) is 4.70. The van der Waals surface area contributed by atoms with Crippen LogP contribution in [-0.2, 0) is 6.54 Å². The van der Waals surface area contributed by atoms with Crippen LogP contribution in [0.2, 0.25) is 0 Å². The third-order valence-electron chi connectivity index (χ3n) is 6.59. The van der Waals surface area contributed by atoms with Crippen molar-refractivity contribution >= 4 is 32.4 Å². The molecule has 3 aromatic heterocycles. The lowest BCUT2D eigenvalue weighted by atomic mass is 10.1. The van der Waals surface area contributed by atoms with Gasteiger partial charge in [-0.15, -0.1) is 0 Å². The van der Waals surface area contributed by atoms with Gasteiger partial charge in [-0.3, -0.25) is 14.1 Å². The fraction of sp³-hybridized carbons (Fsp3) is 0.259. The van der Waals surface area contributed by atoms with Crippen LogP contribution >= 0.6 is 11.3 Å². The molecule has 0 N–H and O–H groups in total. The number of fused-ring (bicyclic) bond motifs is 3. The summed E-state index contributed by atoms with van der Waals surface area (Å²) in [4.78, 5) is 23.1. The predicted molar refractivity (Wildman–Crippen MR) is 135 cm³/mol. The Morgan fingerprint density at radius 3 is 2.50 bits per heavy atom. The van der Waals surface area contributed by atoms with Crippen molar-refractivity contribution in [3.05, 3.63) is 83.4 Å². The minimum Gasteiger partial charge on any atom is -0.459 e. The van der Waals surface area contributed by atoms with Gasteiger partial charge in [0.1, 0.15) is 0 Å². The third-order valence-corrected chi connectivity index (χ3v) is 7.59. The number of thiazole rings is 1. The van der Waals surface area contributed by atoms with Crippen molar-refractivity contribution in [2.24, 2.45) is 0 Å². The maximum absolute atomic E-state index is 12.7. The smallest absolute Gasteiger partial charge is 0.289 e. The second-order valence-electron chi connectivity index (χ2n) is 9.01. The van der Waals surface area contributed by atoms with Crippen molar-refractivity contribution in [1.82, 2.24) is 19.2 Å². The van der Waals surface area contributed by atoms with E-state index in [0.717, 1.165) is 35.9 Å². The van der Waals surface area contributed by atoms with Gasteiger partial charge in [0.25, 0.3) is 5.91 Å². The van der Waals surface area contributed by atoms with Gasteiger partial charge in [0.05, 0.1) is 27.9 Å². The van der Waals surface area contributed by atoms with E-state index in [4.69, 9.17) is 9.40 Å². The van der Waals surface area contributed by atoms with E-state index in [9.17, 15) is 4.79 Å². The lowest BCUT2D eigenvalue weighted by molar-refractivity contribution is 0.0596. The molecule has 1 aliphatic rings. The number of furan rings is 1. The number of rotatable bonds is 4. The zero-order chi connectivity index (χ0) is 23.2. The number of hydrogen-bond acceptors (Lipinski definition) is 5. The maximum Gasteiger partial charge on any atom is 0.289 e. The predicted octanol–water partition coefficient (Wildman–Crippen LogP) is 5.38. The number of piperazine rings is 1. The molecular weight excluding hydrogens is 444 g/mol. The first-order chi connectivity index (χ1) is 16.6. The number of aryl methyl sites for hydroxylation is 2. The molecule has 2 aromatic carbocycles. The molecule has 0 spiro atoms. The van der Waals surface area contributed by atoms with E-state index in [-0.39, 0.29) is 5.91 Å². The van der Waals surface area contributed by atoms with Crippen LogP contribution in [0, 0.1) is 13.8 Å². The van der Waals surface area contributed by atoms with Crippen molar-refractivity contribution in [3.8, 4) is 11.3 Å². The first kappa shape index (κ1) is 21.1. The summed E-state index contributed by atoms with van der Waals surface area (Å²) in [5.74, 6) is 0.378. The van der Waals surface area contributed by atoms with E-state index in [2.05, 4.69) is 65.6 Å². The molecule has 6 rings (SSSR count). The number of carbonyl (C=O) groups is 1. The zero-order valence-corrected chi connectivity index (χ0v) is 20.1. The quantitative estimate of drug-likeness (QED) is 0.354. The van der Waals surface area contributed by atoms with Crippen LogP contribution in [0.5, 0.6) is 0 Å². The maximum atomic E-state index is 12.7. The average molecular weight is 471 g/mol. The van der Waals surface area contributed by atoms with Crippen molar-refractivity contribution in [2.75, 3.05) is 26.2 Å². The van der Waals surface area contributed by atoms with Crippen LogP contribution in [0.1, 0.15) is 27.4 Å². The molecule has 5 aromatic rings. The minimum atomic E-state index is -0.0315. The number of benzene rings is 2. The Morgan fingerprint density at radius 2 is 1.76 bits per heavy atom. The lowest BCUT2D eigenvalue weighted by Gasteiger charge is -2.34. The Kier molecular flexibility index (Phi) is 5.23. The molecule has 0 unspecified atom stereocenters. The van der Waals surface area contributed by atoms with Gasteiger partial charge in [-0.25, -0.2) is 4.98 Å². The molecule has 0 atom stereocenters. The first-order valence-electron chi connectivity index (χ1n) is 11.6. The SMILES string of the molecule is Cc1ccc(-c2nc3sc4cc(C)ccc4n3c2CN2CCN(C(=O)c3ccco3)CC2)cc1. The van der Waals surface area contributed by atoms with Gasteiger partial charge in [0.15, 0.2) is 10.7 Å². The van der Waals surface area contributed by atoms with E-state index in [1.807, 2.05) is 4.90 Å². The summed E-state index contributed by atoms with van der Waals surface area (Å²) >= 11 is 1.74. The normalized spacial score (nSPS) is 14.9. The molecule has 1 saturated heterocycles. The molecule has 1 fully saturated rings. The highest BCUT2D eigenvalue weighted by Crippen LogP contribution is 2.34. The average Bonchev–Trinajstić information content (AvgIpc) is 3.56. The first-order valence-corrected chi connectivity index (χ1v) is 12.4. The molecule has 34 heavy (non-hydrogen) atoms. The summed E-state index contributed by atoms with van der Waals surface area (Å²) in [5, 5.41) is 0. The van der Waals surface area contributed by atoms with Crippen molar-refractivity contribution in [3.63, 3.8) is 0 Å². The molecule has 1 amide bonds. The van der Waals surface area contributed by atoms with Gasteiger partial charge in [0, 0.05) is 38.3 Å². The summed E-state index contributed by atoms with van der Waals surface area (Å²) < 4.78 is 8.89. The summed E-state index contributed by atoms with van der Waals surface area (Å²) in [6.45, 7) is 8.02. The van der Waals surface area contributed by atoms with Gasteiger partial charge in [-0.2, -0.15) is 0 Å². The van der Waals surface area contributed by atoms with Gasteiger partial charge >= 0.3 is 0 Å². The summed E-state index contributed by atoms with van der Waals surface area (Å²) in [6.07, 6.45) is 1.55. The summed E-state index contributed by atoms with van der Waals surface area (Å²) in [7, 11) is 0. The molecule has 4 heterocycles. The summed E-state index contributed by atoms with van der Waals surface area (Å²) in [6, 6.07) is 18.7. The summed E-state index contributed by atoms with van der Waals surface area (Å²) in [5.41, 5.74) is 7.10. The van der Waals surface area contributed by atoms with E-state index in [1.165, 1.54) is 27.0 Å². The molecule has 0 radical (unpaired) electrons. The van der Waals surface area contributed by atoms with Crippen LogP contribution in [0.3, 0.4) is 0 Å². The van der Waals surface area contributed by atoms with Gasteiger partial charge in [-0.1, -0.05) is 47.2 Å². The van der Waals surface area contributed by atoms with E-state index in [1.54, 1.807) is 29.7 Å².